The third-order valence-corrected chi connectivity index (χ3v) is 4.26. The van der Waals surface area contributed by atoms with Crippen LogP contribution in [0.4, 0.5) is 0 Å². The lowest BCUT2D eigenvalue weighted by Crippen LogP contribution is -2.39. The van der Waals surface area contributed by atoms with E-state index in [2.05, 4.69) is 10.3 Å². The van der Waals surface area contributed by atoms with Gasteiger partial charge in [0, 0.05) is 32.5 Å². The largest absolute Gasteiger partial charge is 0.491 e. The fourth-order valence-corrected chi connectivity index (χ4v) is 2.93. The zero-order valence-electron chi connectivity index (χ0n) is 16.9. The molecule has 0 saturated heterocycles. The molecule has 0 amide bonds. The van der Waals surface area contributed by atoms with E-state index in [0.717, 1.165) is 29.5 Å². The molecule has 1 heterocycles. The van der Waals surface area contributed by atoms with Gasteiger partial charge in [-0.1, -0.05) is 23.7 Å². The van der Waals surface area contributed by atoms with Gasteiger partial charge in [-0.15, -0.1) is 24.0 Å². The predicted octanol–water partition coefficient (Wildman–Crippen LogP) is 3.44. The summed E-state index contributed by atoms with van der Waals surface area (Å²) in [6, 6.07) is 9.70. The first-order chi connectivity index (χ1) is 12.9. The molecule has 0 aliphatic rings. The van der Waals surface area contributed by atoms with Crippen LogP contribution in [-0.4, -0.2) is 53.4 Å². The number of nitrogens with zero attached hydrogens (tertiary/aromatic N) is 3. The van der Waals surface area contributed by atoms with E-state index in [9.17, 15) is 5.11 Å². The van der Waals surface area contributed by atoms with Gasteiger partial charge in [0.15, 0.2) is 5.96 Å². The second-order valence-electron chi connectivity index (χ2n) is 6.59. The minimum absolute atomic E-state index is 0. The normalized spacial score (nSPS) is 12.3. The Morgan fingerprint density at radius 3 is 2.75 bits per heavy atom. The summed E-state index contributed by atoms with van der Waals surface area (Å²) < 4.78 is 7.64. The van der Waals surface area contributed by atoms with Gasteiger partial charge in [0.1, 0.15) is 18.5 Å². The SMILES string of the molecule is CCNC(=NCC(O)COc1cccc(C)c1)N(C)Cc1cc(Cl)cn1C.I. The summed E-state index contributed by atoms with van der Waals surface area (Å²) in [6.07, 6.45) is 1.19. The zero-order valence-corrected chi connectivity index (χ0v) is 19.9. The summed E-state index contributed by atoms with van der Waals surface area (Å²) in [7, 11) is 3.92. The maximum atomic E-state index is 10.2. The Kier molecular flexibility index (Phi) is 10.7. The highest BCUT2D eigenvalue weighted by atomic mass is 127. The number of aliphatic imine (C=N–C) groups is 1. The Morgan fingerprint density at radius 1 is 1.39 bits per heavy atom. The molecule has 156 valence electrons. The first-order valence-electron chi connectivity index (χ1n) is 9.06. The molecular weight excluding hydrogens is 491 g/mol. The fourth-order valence-electron chi connectivity index (χ4n) is 2.65. The van der Waals surface area contributed by atoms with E-state index in [1.165, 1.54) is 0 Å². The van der Waals surface area contributed by atoms with Gasteiger partial charge in [-0.25, -0.2) is 0 Å². The number of ether oxygens (including phenoxy) is 1. The molecule has 0 bridgehead atoms. The number of nitrogens with one attached hydrogen (secondary N) is 1. The number of benzene rings is 1. The quantitative estimate of drug-likeness (QED) is 0.318. The van der Waals surface area contributed by atoms with Crippen molar-refractivity contribution in [1.82, 2.24) is 14.8 Å². The van der Waals surface area contributed by atoms with Gasteiger partial charge in [0.25, 0.3) is 0 Å². The third-order valence-electron chi connectivity index (χ3n) is 4.05. The average molecular weight is 521 g/mol. The van der Waals surface area contributed by atoms with Crippen molar-refractivity contribution in [2.45, 2.75) is 26.5 Å². The summed E-state index contributed by atoms with van der Waals surface area (Å²) >= 11 is 6.06. The first-order valence-corrected chi connectivity index (χ1v) is 9.44. The van der Waals surface area contributed by atoms with E-state index in [0.29, 0.717) is 11.6 Å². The summed E-state index contributed by atoms with van der Waals surface area (Å²) in [5.41, 5.74) is 2.20. The smallest absolute Gasteiger partial charge is 0.194 e. The molecule has 0 saturated carbocycles. The molecule has 0 radical (unpaired) electrons. The number of aliphatic hydroxyl groups excluding tert-OH is 1. The van der Waals surface area contributed by atoms with Crippen LogP contribution in [0.3, 0.4) is 0 Å². The van der Waals surface area contributed by atoms with Crippen molar-refractivity contribution in [3.05, 3.63) is 52.8 Å². The number of rotatable bonds is 8. The van der Waals surface area contributed by atoms with Crippen LogP contribution >= 0.6 is 35.6 Å². The fraction of sp³-hybridized carbons (Fsp3) is 0.450. The molecule has 0 spiro atoms. The van der Waals surface area contributed by atoms with Crippen LogP contribution in [0, 0.1) is 6.92 Å². The van der Waals surface area contributed by atoms with E-state index >= 15 is 0 Å². The van der Waals surface area contributed by atoms with Gasteiger partial charge in [-0.05, 0) is 37.6 Å². The number of hydrogen-bond donors (Lipinski definition) is 2. The second-order valence-corrected chi connectivity index (χ2v) is 7.03. The maximum Gasteiger partial charge on any atom is 0.194 e. The number of guanidine groups is 1. The molecule has 8 heteroatoms. The molecule has 2 aromatic rings. The Balaban J connectivity index is 0.00000392. The van der Waals surface area contributed by atoms with Crippen molar-refractivity contribution in [2.75, 3.05) is 26.7 Å². The van der Waals surface area contributed by atoms with Crippen LogP contribution in [0.1, 0.15) is 18.2 Å². The summed E-state index contributed by atoms with van der Waals surface area (Å²) in [5.74, 6) is 1.48. The second kappa shape index (κ2) is 12.2. The van der Waals surface area contributed by atoms with Gasteiger partial charge >= 0.3 is 0 Å². The molecule has 0 aliphatic heterocycles. The van der Waals surface area contributed by atoms with Crippen LogP contribution in [-0.2, 0) is 13.6 Å². The number of halogens is 2. The maximum absolute atomic E-state index is 10.2. The highest BCUT2D eigenvalue weighted by Gasteiger charge is 2.11. The van der Waals surface area contributed by atoms with E-state index < -0.39 is 6.10 Å². The number of aliphatic hydroxyl groups is 1. The minimum Gasteiger partial charge on any atom is -0.491 e. The molecule has 0 fully saturated rings. The number of aromatic nitrogens is 1. The number of aryl methyl sites for hydroxylation is 2. The lowest BCUT2D eigenvalue weighted by atomic mass is 10.2. The van der Waals surface area contributed by atoms with E-state index in [-0.39, 0.29) is 37.1 Å². The molecule has 2 rings (SSSR count). The minimum atomic E-state index is -0.683. The Morgan fingerprint density at radius 2 is 2.14 bits per heavy atom. The molecule has 2 N–H and O–H groups in total. The van der Waals surface area contributed by atoms with Crippen LogP contribution in [0.2, 0.25) is 5.02 Å². The van der Waals surface area contributed by atoms with Crippen LogP contribution in [0.25, 0.3) is 0 Å². The summed E-state index contributed by atoms with van der Waals surface area (Å²) in [6.45, 7) is 5.87. The molecule has 1 unspecified atom stereocenters. The van der Waals surface area contributed by atoms with Crippen LogP contribution in [0.5, 0.6) is 5.75 Å². The molecule has 1 aromatic carbocycles. The summed E-state index contributed by atoms with van der Waals surface area (Å²) in [4.78, 5) is 6.54. The van der Waals surface area contributed by atoms with E-state index in [1.54, 1.807) is 0 Å². The monoisotopic (exact) mass is 520 g/mol. The average Bonchev–Trinajstić information content (AvgIpc) is 2.93. The van der Waals surface area contributed by atoms with Gasteiger partial charge < -0.3 is 24.6 Å². The van der Waals surface area contributed by atoms with E-state index in [1.807, 2.05) is 73.9 Å². The number of hydrogen-bond acceptors (Lipinski definition) is 3. The van der Waals surface area contributed by atoms with Gasteiger partial charge in [-0.3, -0.25) is 4.99 Å². The Bertz CT molecular complexity index is 766. The van der Waals surface area contributed by atoms with Crippen LogP contribution in [0.15, 0.2) is 41.5 Å². The molecule has 1 atom stereocenters. The third kappa shape index (κ3) is 7.89. The predicted molar refractivity (Wildman–Crippen MR) is 126 cm³/mol. The van der Waals surface area contributed by atoms with Gasteiger partial charge in [0.05, 0.1) is 18.1 Å². The standard InChI is InChI=1S/C20H29ClN4O2.HI/c1-5-22-20(25(4)13-17-10-16(21)12-24(17)3)23-11-18(26)14-27-19-8-6-7-15(2)9-19;/h6-10,12,18,26H,5,11,13-14H2,1-4H3,(H,22,23);1H. The Labute approximate surface area is 189 Å². The summed E-state index contributed by atoms with van der Waals surface area (Å²) in [5, 5.41) is 14.2. The molecular formula is C20H30ClIN4O2. The highest BCUT2D eigenvalue weighted by molar-refractivity contribution is 14.0. The van der Waals surface area contributed by atoms with E-state index in [4.69, 9.17) is 16.3 Å². The van der Waals surface area contributed by atoms with Crippen molar-refractivity contribution in [3.63, 3.8) is 0 Å². The zero-order chi connectivity index (χ0) is 19.8. The topological polar surface area (TPSA) is 62.0 Å². The lowest BCUT2D eigenvalue weighted by molar-refractivity contribution is 0.114. The molecule has 6 nitrogen and oxygen atoms in total. The molecule has 0 aliphatic carbocycles. The van der Waals surface area contributed by atoms with Crippen molar-refractivity contribution in [3.8, 4) is 5.75 Å². The highest BCUT2D eigenvalue weighted by Crippen LogP contribution is 2.14. The van der Waals surface area contributed by atoms with Crippen molar-refractivity contribution < 1.29 is 9.84 Å². The van der Waals surface area contributed by atoms with Crippen LogP contribution < -0.4 is 10.1 Å². The van der Waals surface area contributed by atoms with Gasteiger partial charge in [0.2, 0.25) is 0 Å². The molecule has 1 aromatic heterocycles. The van der Waals surface area contributed by atoms with Crippen molar-refractivity contribution in [2.24, 2.45) is 12.0 Å². The van der Waals surface area contributed by atoms with Gasteiger partial charge in [-0.2, -0.15) is 0 Å². The first kappa shape index (κ1) is 24.6. The van der Waals surface area contributed by atoms with Crippen molar-refractivity contribution in [1.29, 1.82) is 0 Å². The Hall–Kier alpha value is -1.45. The van der Waals surface area contributed by atoms with Crippen molar-refractivity contribution >= 4 is 41.5 Å². The molecule has 28 heavy (non-hydrogen) atoms. The lowest BCUT2D eigenvalue weighted by Gasteiger charge is -2.23.